The van der Waals surface area contributed by atoms with Gasteiger partial charge in [-0.2, -0.15) is 0 Å². The van der Waals surface area contributed by atoms with Crippen LogP contribution in [-0.2, 0) is 43.9 Å². The maximum absolute atomic E-state index is 11.9. The zero-order chi connectivity index (χ0) is 28.8. The summed E-state index contributed by atoms with van der Waals surface area (Å²) in [5.41, 5.74) is 5.92. The molecule has 1 saturated heterocycles. The van der Waals surface area contributed by atoms with Crippen molar-refractivity contribution in [2.75, 3.05) is 31.6 Å². The average Bonchev–Trinajstić information content (AvgIpc) is 3.37. The summed E-state index contributed by atoms with van der Waals surface area (Å²) in [6, 6.07) is 21.4. The van der Waals surface area contributed by atoms with Gasteiger partial charge in [0.15, 0.2) is 5.75 Å². The van der Waals surface area contributed by atoms with Crippen molar-refractivity contribution < 1.29 is 52.4 Å². The summed E-state index contributed by atoms with van der Waals surface area (Å²) in [6.45, 7) is 4.52. The first-order valence-electron chi connectivity index (χ1n) is 13.8. The number of H-pyrrole nitrogens is 1. The molecular formula is C31H33Cl2N4O4Y-. The van der Waals surface area contributed by atoms with Gasteiger partial charge in [-0.15, -0.1) is 6.54 Å². The predicted octanol–water partition coefficient (Wildman–Crippen LogP) is 8.06. The van der Waals surface area contributed by atoms with Crippen LogP contribution in [0.1, 0.15) is 42.6 Å². The standard InChI is InChI=1S/C25H28ClN4O2.C6H5ClO2.Y/c1-2-32-25(31)30-13-10-19(11-14-30)28-18-6-3-16(4-7-18)23-24-20(9-12-27-23)21-15-17(26)5-8-22(21)29-24;7-5-1-3-6(9-8)4-2-5;/h3-8,15,19,23,28-29H,2,9-14H2,1H3;1-4,8H;/q-1;;. The Hall–Kier alpha value is -2.33. The van der Waals surface area contributed by atoms with E-state index in [1.54, 1.807) is 29.2 Å². The molecule has 4 aromatic rings. The van der Waals surface area contributed by atoms with Crippen molar-refractivity contribution in [3.8, 4) is 5.75 Å². The molecule has 11 heteroatoms. The minimum atomic E-state index is -0.204. The second-order valence-electron chi connectivity index (χ2n) is 10.0. The Labute approximate surface area is 280 Å². The summed E-state index contributed by atoms with van der Waals surface area (Å²) >= 11 is 11.8. The first-order chi connectivity index (χ1) is 19.9. The van der Waals surface area contributed by atoms with Crippen LogP contribution in [0.2, 0.25) is 10.0 Å². The minimum absolute atomic E-state index is 0. The van der Waals surface area contributed by atoms with E-state index in [1.165, 1.54) is 22.2 Å². The number of ether oxygens (including phenoxy) is 1. The molecule has 8 nitrogen and oxygen atoms in total. The Bertz CT molecular complexity index is 1460. The molecule has 1 radical (unpaired) electrons. The number of hydrogen-bond donors (Lipinski definition) is 3. The number of hydrogen-bond acceptors (Lipinski definition) is 5. The van der Waals surface area contributed by atoms with Gasteiger partial charge in [-0.25, -0.2) is 10.1 Å². The van der Waals surface area contributed by atoms with E-state index >= 15 is 0 Å². The normalized spacial score (nSPS) is 16.5. The summed E-state index contributed by atoms with van der Waals surface area (Å²) in [4.78, 5) is 21.2. The number of piperidine rings is 1. The van der Waals surface area contributed by atoms with E-state index in [4.69, 9.17) is 38.5 Å². The van der Waals surface area contributed by atoms with Gasteiger partial charge in [0, 0.05) is 84.2 Å². The smallest absolute Gasteiger partial charge is 0.409 e. The molecule has 1 unspecified atom stereocenters. The summed E-state index contributed by atoms with van der Waals surface area (Å²) in [6.07, 6.45) is 2.57. The van der Waals surface area contributed by atoms with Crippen molar-refractivity contribution in [2.24, 2.45) is 0 Å². The van der Waals surface area contributed by atoms with E-state index < -0.39 is 0 Å². The van der Waals surface area contributed by atoms with Crippen LogP contribution >= 0.6 is 23.2 Å². The minimum Gasteiger partial charge on any atom is -0.650 e. The van der Waals surface area contributed by atoms with Gasteiger partial charge in [-0.05, 0) is 86.3 Å². The second-order valence-corrected chi connectivity index (χ2v) is 10.9. The molecule has 6 rings (SSSR count). The summed E-state index contributed by atoms with van der Waals surface area (Å²) in [7, 11) is 0. The van der Waals surface area contributed by atoms with Crippen LogP contribution in [0.5, 0.6) is 5.75 Å². The van der Waals surface area contributed by atoms with Gasteiger partial charge in [0.1, 0.15) is 0 Å². The van der Waals surface area contributed by atoms with Gasteiger partial charge in [0.25, 0.3) is 0 Å². The van der Waals surface area contributed by atoms with Crippen LogP contribution in [0.4, 0.5) is 10.5 Å². The molecule has 0 bridgehead atoms. The van der Waals surface area contributed by atoms with Gasteiger partial charge < -0.3 is 30.1 Å². The molecule has 1 fully saturated rings. The molecule has 2 aliphatic rings. The number of carbonyl (C=O) groups excluding carboxylic acids is 1. The van der Waals surface area contributed by atoms with Crippen molar-refractivity contribution in [2.45, 2.75) is 38.3 Å². The fraction of sp³-hybridized carbons (Fsp3) is 0.323. The number of fused-ring (bicyclic) bond motifs is 3. The Morgan fingerprint density at radius 3 is 2.40 bits per heavy atom. The largest absolute Gasteiger partial charge is 0.650 e. The number of benzene rings is 3. The van der Waals surface area contributed by atoms with Crippen molar-refractivity contribution in [3.63, 3.8) is 0 Å². The van der Waals surface area contributed by atoms with Gasteiger partial charge in [-0.3, -0.25) is 0 Å². The third-order valence-electron chi connectivity index (χ3n) is 7.39. The molecule has 1 atom stereocenters. The van der Waals surface area contributed by atoms with Crippen LogP contribution in [0.3, 0.4) is 0 Å². The molecule has 1 aromatic heterocycles. The van der Waals surface area contributed by atoms with Crippen LogP contribution in [0.25, 0.3) is 16.2 Å². The van der Waals surface area contributed by atoms with Crippen molar-refractivity contribution in [3.05, 3.63) is 98.9 Å². The zero-order valence-electron chi connectivity index (χ0n) is 23.4. The van der Waals surface area contributed by atoms with E-state index in [1.807, 2.05) is 19.1 Å². The number of aromatic amines is 1. The van der Waals surface area contributed by atoms with E-state index in [0.29, 0.717) is 23.4 Å². The molecule has 3 N–H and O–H groups in total. The molecule has 0 spiro atoms. The third kappa shape index (κ3) is 7.98. The molecule has 2 aliphatic heterocycles. The second kappa shape index (κ2) is 15.4. The maximum atomic E-state index is 11.9. The van der Waals surface area contributed by atoms with Gasteiger partial charge in [0.2, 0.25) is 0 Å². The number of rotatable bonds is 5. The van der Waals surface area contributed by atoms with Crippen LogP contribution in [-0.4, -0.2) is 53.5 Å². The average molecular weight is 685 g/mol. The first-order valence-corrected chi connectivity index (χ1v) is 14.5. The molecule has 42 heavy (non-hydrogen) atoms. The molecule has 0 saturated carbocycles. The molecule has 3 aromatic carbocycles. The molecule has 0 aliphatic carbocycles. The summed E-state index contributed by atoms with van der Waals surface area (Å²) in [5.74, 6) is 0.388. The van der Waals surface area contributed by atoms with E-state index in [9.17, 15) is 4.79 Å². The Morgan fingerprint density at radius 1 is 1.05 bits per heavy atom. The predicted molar refractivity (Wildman–Crippen MR) is 163 cm³/mol. The van der Waals surface area contributed by atoms with Crippen LogP contribution < -0.4 is 10.2 Å². The van der Waals surface area contributed by atoms with Gasteiger partial charge in [-0.1, -0.05) is 46.9 Å². The number of anilines is 1. The van der Waals surface area contributed by atoms with Crippen molar-refractivity contribution in [1.82, 2.24) is 9.88 Å². The number of amides is 1. The molecule has 219 valence electrons. The van der Waals surface area contributed by atoms with Gasteiger partial charge >= 0.3 is 6.09 Å². The molecule has 3 heterocycles. The van der Waals surface area contributed by atoms with Crippen molar-refractivity contribution >= 4 is 45.9 Å². The van der Waals surface area contributed by atoms with Crippen LogP contribution in [0.15, 0.2) is 66.7 Å². The number of carbonyl (C=O) groups is 1. The molecule has 1 amide bonds. The SMILES string of the molecule is CCOC(=O)N1CCC(Nc2ccc(C3[N-]CCc4c3[nH]c3ccc(Cl)cc43)cc2)CC1.OOc1ccc(Cl)cc1.[Y]. The Kier molecular flexibility index (Phi) is 12.0. The Balaban J connectivity index is 0.000000349. The quantitative estimate of drug-likeness (QED) is 0.146. The molecular weight excluding hydrogens is 652 g/mol. The van der Waals surface area contributed by atoms with Crippen LogP contribution in [0, 0.1) is 0 Å². The number of halogens is 2. The van der Waals surface area contributed by atoms with E-state index in [-0.39, 0.29) is 44.8 Å². The van der Waals surface area contributed by atoms with E-state index in [0.717, 1.165) is 55.1 Å². The third-order valence-corrected chi connectivity index (χ3v) is 7.87. The number of likely N-dealkylation sites (tertiary alicyclic amines) is 1. The first kappa shape index (κ1) is 32.6. The fourth-order valence-electron chi connectivity index (χ4n) is 5.33. The Morgan fingerprint density at radius 2 is 1.74 bits per heavy atom. The fourth-order valence-corrected chi connectivity index (χ4v) is 5.62. The monoisotopic (exact) mass is 684 g/mol. The number of nitrogens with one attached hydrogen (secondary N) is 2. The van der Waals surface area contributed by atoms with Crippen molar-refractivity contribution in [1.29, 1.82) is 0 Å². The van der Waals surface area contributed by atoms with Gasteiger partial charge in [0.05, 0.1) is 6.61 Å². The zero-order valence-corrected chi connectivity index (χ0v) is 27.7. The van der Waals surface area contributed by atoms with E-state index in [2.05, 4.69) is 45.5 Å². The number of nitrogens with zero attached hydrogens (tertiary/aromatic N) is 2. The summed E-state index contributed by atoms with van der Waals surface area (Å²) < 4.78 is 5.10. The maximum Gasteiger partial charge on any atom is 0.409 e. The summed E-state index contributed by atoms with van der Waals surface area (Å²) in [5, 5.41) is 19.2. The number of aromatic nitrogens is 1. The topological polar surface area (TPSA) is 101 Å².